The van der Waals surface area contributed by atoms with E-state index in [0.29, 0.717) is 0 Å². The van der Waals surface area contributed by atoms with Crippen molar-refractivity contribution in [2.75, 3.05) is 18.6 Å². The smallest absolute Gasteiger partial charge is 0.137 e. The average molecular weight is 235 g/mol. The minimum Gasteiger partial charge on any atom is -0.310 e. The zero-order valence-electron chi connectivity index (χ0n) is 9.73. The normalized spacial score (nSPS) is 11.1. The van der Waals surface area contributed by atoms with Gasteiger partial charge in [-0.15, -0.1) is 0 Å². The van der Waals surface area contributed by atoms with Crippen molar-refractivity contribution in [2.45, 2.75) is 13.5 Å². The molecule has 0 saturated heterocycles. The summed E-state index contributed by atoms with van der Waals surface area (Å²) in [5, 5.41) is 3.44. The molecule has 0 atom stereocenters. The Hall–Kier alpha value is -1.00. The summed E-state index contributed by atoms with van der Waals surface area (Å²) in [7, 11) is 0. The molecule has 16 heavy (non-hydrogen) atoms. The fourth-order valence-corrected chi connectivity index (χ4v) is 2.11. The number of fused-ring (bicyclic) bond motifs is 1. The van der Waals surface area contributed by atoms with Crippen LogP contribution in [0.2, 0.25) is 0 Å². The number of pyridine rings is 1. The molecule has 86 valence electrons. The molecule has 0 unspecified atom stereocenters. The molecule has 0 bridgehead atoms. The first-order valence-electron chi connectivity index (χ1n) is 5.45. The Morgan fingerprint density at radius 2 is 2.31 bits per heavy atom. The highest BCUT2D eigenvalue weighted by molar-refractivity contribution is 7.98. The fraction of sp³-hybridized carbons (Fsp3) is 0.417. The van der Waals surface area contributed by atoms with Crippen molar-refractivity contribution < 1.29 is 0 Å². The van der Waals surface area contributed by atoms with Crippen LogP contribution in [0.3, 0.4) is 0 Å². The summed E-state index contributed by atoms with van der Waals surface area (Å²) in [5.74, 6) is 1.15. The average Bonchev–Trinajstić information content (AvgIpc) is 2.61. The summed E-state index contributed by atoms with van der Waals surface area (Å²) in [6.07, 6.45) is 4.20. The molecule has 0 aromatic carbocycles. The van der Waals surface area contributed by atoms with E-state index < -0.39 is 0 Å². The molecule has 0 aliphatic heterocycles. The minimum atomic E-state index is 0.886. The van der Waals surface area contributed by atoms with E-state index in [9.17, 15) is 0 Å². The lowest BCUT2D eigenvalue weighted by Gasteiger charge is -2.04. The Bertz CT molecular complexity index is 464. The molecule has 0 spiro atoms. The van der Waals surface area contributed by atoms with E-state index in [1.165, 1.54) is 5.69 Å². The molecular weight excluding hydrogens is 218 g/mol. The topological polar surface area (TPSA) is 29.3 Å². The van der Waals surface area contributed by atoms with Gasteiger partial charge in [-0.05, 0) is 25.3 Å². The maximum Gasteiger partial charge on any atom is 0.137 e. The van der Waals surface area contributed by atoms with E-state index >= 15 is 0 Å². The molecule has 0 fully saturated rings. The number of rotatable bonds is 5. The van der Waals surface area contributed by atoms with Gasteiger partial charge in [-0.1, -0.05) is 6.07 Å². The molecule has 0 radical (unpaired) electrons. The molecule has 4 heteroatoms. The minimum absolute atomic E-state index is 0.886. The summed E-state index contributed by atoms with van der Waals surface area (Å²) in [4.78, 5) is 4.53. The Morgan fingerprint density at radius 1 is 1.44 bits per heavy atom. The van der Waals surface area contributed by atoms with Crippen molar-refractivity contribution in [3.63, 3.8) is 0 Å². The largest absolute Gasteiger partial charge is 0.310 e. The third kappa shape index (κ3) is 2.39. The quantitative estimate of drug-likeness (QED) is 0.805. The van der Waals surface area contributed by atoms with Crippen molar-refractivity contribution in [3.8, 4) is 0 Å². The third-order valence-electron chi connectivity index (χ3n) is 2.60. The van der Waals surface area contributed by atoms with Crippen LogP contribution < -0.4 is 5.32 Å². The van der Waals surface area contributed by atoms with Gasteiger partial charge in [-0.2, -0.15) is 11.8 Å². The van der Waals surface area contributed by atoms with Gasteiger partial charge in [0.1, 0.15) is 5.65 Å². The molecule has 2 heterocycles. The van der Waals surface area contributed by atoms with Crippen LogP contribution >= 0.6 is 11.8 Å². The molecule has 2 aromatic heterocycles. The maximum absolute atomic E-state index is 4.53. The Labute approximate surface area is 100 Å². The lowest BCUT2D eigenvalue weighted by molar-refractivity contribution is 0.706. The van der Waals surface area contributed by atoms with E-state index in [4.69, 9.17) is 0 Å². The Kier molecular flexibility index (Phi) is 3.85. The second-order valence-corrected chi connectivity index (χ2v) is 4.73. The van der Waals surface area contributed by atoms with Crippen LogP contribution in [0.4, 0.5) is 0 Å². The summed E-state index contributed by atoms with van der Waals surface area (Å²) in [6.45, 7) is 4.00. The van der Waals surface area contributed by atoms with Crippen LogP contribution in [0.15, 0.2) is 24.4 Å². The molecule has 3 nitrogen and oxygen atoms in total. The highest BCUT2D eigenvalue weighted by Crippen LogP contribution is 2.11. The van der Waals surface area contributed by atoms with Gasteiger partial charge in [0.2, 0.25) is 0 Å². The first-order valence-corrected chi connectivity index (χ1v) is 6.84. The van der Waals surface area contributed by atoms with Gasteiger partial charge in [0.05, 0.1) is 11.4 Å². The van der Waals surface area contributed by atoms with Crippen LogP contribution in [-0.4, -0.2) is 27.9 Å². The molecular formula is C12H17N3S. The van der Waals surface area contributed by atoms with Crippen molar-refractivity contribution in [3.05, 3.63) is 35.8 Å². The van der Waals surface area contributed by atoms with E-state index in [0.717, 1.165) is 30.2 Å². The van der Waals surface area contributed by atoms with E-state index in [1.54, 1.807) is 0 Å². The predicted molar refractivity (Wildman–Crippen MR) is 70.0 cm³/mol. The van der Waals surface area contributed by atoms with Gasteiger partial charge in [0.25, 0.3) is 0 Å². The number of imidazole rings is 1. The second kappa shape index (κ2) is 5.37. The summed E-state index contributed by atoms with van der Waals surface area (Å²) in [6, 6.07) is 6.10. The monoisotopic (exact) mass is 235 g/mol. The molecule has 2 aromatic rings. The second-order valence-electron chi connectivity index (χ2n) is 3.74. The highest BCUT2D eigenvalue weighted by atomic mass is 32.2. The van der Waals surface area contributed by atoms with Crippen LogP contribution in [0.5, 0.6) is 0 Å². The zero-order chi connectivity index (χ0) is 11.4. The van der Waals surface area contributed by atoms with Crippen LogP contribution in [0, 0.1) is 6.92 Å². The van der Waals surface area contributed by atoms with Crippen LogP contribution in [-0.2, 0) is 6.54 Å². The molecule has 0 amide bonds. The first-order chi connectivity index (χ1) is 7.83. The number of hydrogen-bond donors (Lipinski definition) is 1. The van der Waals surface area contributed by atoms with E-state index in [2.05, 4.69) is 34.1 Å². The van der Waals surface area contributed by atoms with Crippen molar-refractivity contribution in [2.24, 2.45) is 0 Å². The standard InChI is InChI=1S/C12H17N3S/c1-10-11(9-13-6-8-16-2)15-7-4-3-5-12(15)14-10/h3-5,7,13H,6,8-9H2,1-2H3. The molecule has 0 saturated carbocycles. The lowest BCUT2D eigenvalue weighted by atomic mass is 10.3. The lowest BCUT2D eigenvalue weighted by Crippen LogP contribution is -2.18. The van der Waals surface area contributed by atoms with Crippen molar-refractivity contribution in [1.82, 2.24) is 14.7 Å². The van der Waals surface area contributed by atoms with Crippen molar-refractivity contribution >= 4 is 17.4 Å². The Balaban J connectivity index is 2.13. The zero-order valence-corrected chi connectivity index (χ0v) is 10.5. The number of hydrogen-bond acceptors (Lipinski definition) is 3. The first kappa shape index (κ1) is 11.5. The van der Waals surface area contributed by atoms with Gasteiger partial charge in [-0.3, -0.25) is 0 Å². The predicted octanol–water partition coefficient (Wildman–Crippen LogP) is 2.10. The van der Waals surface area contributed by atoms with Crippen LogP contribution in [0.25, 0.3) is 5.65 Å². The molecule has 2 rings (SSSR count). The Morgan fingerprint density at radius 3 is 3.12 bits per heavy atom. The van der Waals surface area contributed by atoms with Crippen LogP contribution in [0.1, 0.15) is 11.4 Å². The number of nitrogens with one attached hydrogen (secondary N) is 1. The maximum atomic E-state index is 4.53. The number of nitrogens with zero attached hydrogens (tertiary/aromatic N) is 2. The van der Waals surface area contributed by atoms with Gasteiger partial charge in [-0.25, -0.2) is 4.98 Å². The van der Waals surface area contributed by atoms with Gasteiger partial charge >= 0.3 is 0 Å². The number of thioether (sulfide) groups is 1. The summed E-state index contributed by atoms with van der Waals surface area (Å²) in [5.41, 5.74) is 3.40. The third-order valence-corrected chi connectivity index (χ3v) is 3.22. The fourth-order valence-electron chi connectivity index (χ4n) is 1.76. The van der Waals surface area contributed by atoms with E-state index in [1.807, 2.05) is 30.0 Å². The van der Waals surface area contributed by atoms with Gasteiger partial charge < -0.3 is 9.72 Å². The summed E-state index contributed by atoms with van der Waals surface area (Å²) < 4.78 is 2.15. The molecule has 0 aliphatic rings. The van der Waals surface area contributed by atoms with Gasteiger partial charge in [0, 0.05) is 25.0 Å². The SMILES string of the molecule is CSCCNCc1c(C)nc2ccccn12. The van der Waals surface area contributed by atoms with Crippen molar-refractivity contribution in [1.29, 1.82) is 0 Å². The molecule has 0 aliphatic carbocycles. The van der Waals surface area contributed by atoms with Gasteiger partial charge in [0.15, 0.2) is 0 Å². The number of aromatic nitrogens is 2. The molecule has 1 N–H and O–H groups in total. The number of aryl methyl sites for hydroxylation is 1. The highest BCUT2D eigenvalue weighted by Gasteiger charge is 2.06. The van der Waals surface area contributed by atoms with E-state index in [-0.39, 0.29) is 0 Å². The summed E-state index contributed by atoms with van der Waals surface area (Å²) >= 11 is 1.86.